The summed E-state index contributed by atoms with van der Waals surface area (Å²) in [6.07, 6.45) is 8.46. The van der Waals surface area contributed by atoms with E-state index in [0.29, 0.717) is 0 Å². The number of aromatic nitrogens is 2. The van der Waals surface area contributed by atoms with Gasteiger partial charge in [-0.1, -0.05) is 54.6 Å². The third kappa shape index (κ3) is 5.74. The Morgan fingerprint density at radius 1 is 0.909 bits per heavy atom. The minimum atomic E-state index is 0.762. The Balaban J connectivity index is 0.000000299. The van der Waals surface area contributed by atoms with Crippen molar-refractivity contribution in [3.05, 3.63) is 78.9 Å². The molecule has 114 valence electrons. The van der Waals surface area contributed by atoms with Gasteiger partial charge in [0.1, 0.15) is 0 Å². The minimum Gasteiger partial charge on any atom is -0.351 e. The Hall–Kier alpha value is -2.06. The third-order valence-electron chi connectivity index (χ3n) is 3.29. The van der Waals surface area contributed by atoms with Gasteiger partial charge in [0, 0.05) is 18.3 Å². The number of nitrogens with zero attached hydrogens (tertiary/aromatic N) is 1. The van der Waals surface area contributed by atoms with E-state index in [4.69, 9.17) is 11.6 Å². The van der Waals surface area contributed by atoms with Gasteiger partial charge in [-0.25, -0.2) is 4.98 Å². The van der Waals surface area contributed by atoms with Gasteiger partial charge in [0.15, 0.2) is 0 Å². The van der Waals surface area contributed by atoms with Crippen molar-refractivity contribution in [1.82, 2.24) is 9.97 Å². The molecule has 2 aromatic carbocycles. The van der Waals surface area contributed by atoms with Crippen molar-refractivity contribution < 1.29 is 0 Å². The Kier molecular flexibility index (Phi) is 7.27. The maximum atomic E-state index is 5.69. The summed E-state index contributed by atoms with van der Waals surface area (Å²) in [7, 11) is 0. The first kappa shape index (κ1) is 16.3. The number of H-pyrrole nitrogens is 1. The zero-order chi connectivity index (χ0) is 15.5. The van der Waals surface area contributed by atoms with Crippen LogP contribution in [0.4, 0.5) is 0 Å². The first-order valence-corrected chi connectivity index (χ1v) is 8.06. The SMILES string of the molecule is ClCCCCc1cccc(-c2ccccc2)c1.c1c[nH]cn1. The largest absolute Gasteiger partial charge is 0.351 e. The molecule has 3 aromatic rings. The standard InChI is InChI=1S/C16H17Cl.C3H4N2/c17-12-5-4-7-14-8-6-11-16(13-14)15-9-2-1-3-10-15;1-2-5-3-4-1/h1-3,6,8-11,13H,4-5,7,12H2;1-3H,(H,4,5). The highest BCUT2D eigenvalue weighted by Crippen LogP contribution is 2.20. The fourth-order valence-electron chi connectivity index (χ4n) is 2.18. The number of rotatable bonds is 5. The van der Waals surface area contributed by atoms with Crippen LogP contribution in [0.15, 0.2) is 73.3 Å². The van der Waals surface area contributed by atoms with Gasteiger partial charge in [-0.2, -0.15) is 0 Å². The number of halogens is 1. The zero-order valence-electron chi connectivity index (χ0n) is 12.6. The molecule has 0 unspecified atom stereocenters. The van der Waals surface area contributed by atoms with Crippen molar-refractivity contribution in [3.8, 4) is 11.1 Å². The predicted molar refractivity (Wildman–Crippen MR) is 94.1 cm³/mol. The van der Waals surface area contributed by atoms with Crippen molar-refractivity contribution in [2.45, 2.75) is 19.3 Å². The minimum absolute atomic E-state index is 0.762. The number of aryl methyl sites for hydroxylation is 1. The van der Waals surface area contributed by atoms with E-state index >= 15 is 0 Å². The van der Waals surface area contributed by atoms with E-state index in [1.165, 1.54) is 23.1 Å². The highest BCUT2D eigenvalue weighted by Gasteiger charge is 1.98. The number of imidazole rings is 1. The number of alkyl halides is 1. The molecular formula is C19H21ClN2. The van der Waals surface area contributed by atoms with Crippen LogP contribution in [0.5, 0.6) is 0 Å². The maximum absolute atomic E-state index is 5.69. The van der Waals surface area contributed by atoms with Gasteiger partial charge in [0.05, 0.1) is 6.33 Å². The van der Waals surface area contributed by atoms with Crippen LogP contribution in [0.1, 0.15) is 18.4 Å². The summed E-state index contributed by atoms with van der Waals surface area (Å²) < 4.78 is 0. The van der Waals surface area contributed by atoms with Gasteiger partial charge in [-0.3, -0.25) is 0 Å². The van der Waals surface area contributed by atoms with E-state index in [9.17, 15) is 0 Å². The lowest BCUT2D eigenvalue weighted by Gasteiger charge is -2.05. The highest BCUT2D eigenvalue weighted by atomic mass is 35.5. The molecule has 1 aromatic heterocycles. The fraction of sp³-hybridized carbons (Fsp3) is 0.211. The molecule has 0 atom stereocenters. The van der Waals surface area contributed by atoms with Crippen molar-refractivity contribution in [2.24, 2.45) is 0 Å². The lowest BCUT2D eigenvalue weighted by Crippen LogP contribution is -1.87. The summed E-state index contributed by atoms with van der Waals surface area (Å²) in [5.74, 6) is 0.762. The number of unbranched alkanes of at least 4 members (excludes halogenated alkanes) is 1. The second-order valence-corrected chi connectivity index (χ2v) is 5.35. The van der Waals surface area contributed by atoms with Crippen molar-refractivity contribution in [3.63, 3.8) is 0 Å². The summed E-state index contributed by atoms with van der Waals surface area (Å²) in [4.78, 5) is 6.42. The van der Waals surface area contributed by atoms with Gasteiger partial charge in [0.25, 0.3) is 0 Å². The molecule has 0 aliphatic rings. The fourth-order valence-corrected chi connectivity index (χ4v) is 2.36. The molecule has 0 aliphatic carbocycles. The first-order valence-electron chi connectivity index (χ1n) is 7.53. The molecule has 1 heterocycles. The Bertz CT molecular complexity index is 604. The Morgan fingerprint density at radius 3 is 2.36 bits per heavy atom. The molecule has 0 bridgehead atoms. The van der Waals surface area contributed by atoms with Gasteiger partial charge < -0.3 is 4.98 Å². The molecule has 3 heteroatoms. The summed E-state index contributed by atoms with van der Waals surface area (Å²) in [5, 5.41) is 0. The van der Waals surface area contributed by atoms with Crippen LogP contribution in [-0.4, -0.2) is 15.8 Å². The van der Waals surface area contributed by atoms with Crippen LogP contribution in [-0.2, 0) is 6.42 Å². The molecule has 0 saturated carbocycles. The number of nitrogens with one attached hydrogen (secondary N) is 1. The van der Waals surface area contributed by atoms with Crippen molar-refractivity contribution in [2.75, 3.05) is 5.88 Å². The summed E-state index contributed by atoms with van der Waals surface area (Å²) in [6, 6.07) is 19.3. The third-order valence-corrected chi connectivity index (χ3v) is 3.56. The van der Waals surface area contributed by atoms with Crippen LogP contribution in [0.25, 0.3) is 11.1 Å². The molecular weight excluding hydrogens is 292 g/mol. The van der Waals surface area contributed by atoms with E-state index in [-0.39, 0.29) is 0 Å². The van der Waals surface area contributed by atoms with Gasteiger partial charge in [-0.05, 0) is 36.0 Å². The van der Waals surface area contributed by atoms with E-state index < -0.39 is 0 Å². The van der Waals surface area contributed by atoms with Gasteiger partial charge >= 0.3 is 0 Å². The number of hydrogen-bond donors (Lipinski definition) is 1. The second kappa shape index (κ2) is 9.80. The van der Waals surface area contributed by atoms with E-state index in [1.54, 1.807) is 18.7 Å². The molecule has 0 fully saturated rings. The van der Waals surface area contributed by atoms with Crippen LogP contribution < -0.4 is 0 Å². The van der Waals surface area contributed by atoms with Crippen LogP contribution in [0.3, 0.4) is 0 Å². The highest BCUT2D eigenvalue weighted by molar-refractivity contribution is 6.17. The monoisotopic (exact) mass is 312 g/mol. The molecule has 0 radical (unpaired) electrons. The lowest BCUT2D eigenvalue weighted by molar-refractivity contribution is 0.800. The van der Waals surface area contributed by atoms with Crippen molar-refractivity contribution in [1.29, 1.82) is 0 Å². The molecule has 0 aliphatic heterocycles. The van der Waals surface area contributed by atoms with E-state index in [1.807, 2.05) is 6.07 Å². The normalized spacial score (nSPS) is 9.86. The quantitative estimate of drug-likeness (QED) is 0.501. The van der Waals surface area contributed by atoms with E-state index in [2.05, 4.69) is 58.5 Å². The number of benzene rings is 2. The Labute approximate surface area is 137 Å². The molecule has 0 amide bonds. The second-order valence-electron chi connectivity index (χ2n) is 4.97. The molecule has 2 nitrogen and oxygen atoms in total. The van der Waals surface area contributed by atoms with Crippen LogP contribution in [0, 0.1) is 0 Å². The summed E-state index contributed by atoms with van der Waals surface area (Å²) in [5.41, 5.74) is 3.98. The number of hydrogen-bond acceptors (Lipinski definition) is 1. The zero-order valence-corrected chi connectivity index (χ0v) is 13.3. The predicted octanol–water partition coefficient (Wildman–Crippen LogP) is 5.32. The average molecular weight is 313 g/mol. The average Bonchev–Trinajstić information content (AvgIpc) is 3.16. The summed E-state index contributed by atoms with van der Waals surface area (Å²) in [6.45, 7) is 0. The lowest BCUT2D eigenvalue weighted by atomic mass is 10.0. The van der Waals surface area contributed by atoms with E-state index in [0.717, 1.165) is 18.7 Å². The molecule has 0 saturated heterocycles. The topological polar surface area (TPSA) is 28.7 Å². The molecule has 0 spiro atoms. The van der Waals surface area contributed by atoms with Gasteiger partial charge in [-0.15, -0.1) is 11.6 Å². The number of aromatic amines is 1. The molecule has 22 heavy (non-hydrogen) atoms. The van der Waals surface area contributed by atoms with Gasteiger partial charge in [0.2, 0.25) is 0 Å². The Morgan fingerprint density at radius 2 is 1.73 bits per heavy atom. The van der Waals surface area contributed by atoms with Crippen LogP contribution in [0.2, 0.25) is 0 Å². The smallest absolute Gasteiger partial charge is 0.0919 e. The molecule has 1 N–H and O–H groups in total. The summed E-state index contributed by atoms with van der Waals surface area (Å²) >= 11 is 5.69. The van der Waals surface area contributed by atoms with Crippen LogP contribution >= 0.6 is 11.6 Å². The van der Waals surface area contributed by atoms with Crippen molar-refractivity contribution >= 4 is 11.6 Å². The first-order chi connectivity index (χ1) is 10.9. The maximum Gasteiger partial charge on any atom is 0.0919 e. The molecule has 3 rings (SSSR count).